The molecule has 1 aromatic heterocycles. The van der Waals surface area contributed by atoms with Gasteiger partial charge in [0.2, 0.25) is 11.8 Å². The zero-order valence-corrected chi connectivity index (χ0v) is 17.6. The average molecular weight is 401 g/mol. The summed E-state index contributed by atoms with van der Waals surface area (Å²) in [7, 11) is 3.50. The van der Waals surface area contributed by atoms with Crippen molar-refractivity contribution in [2.45, 2.75) is 50.6 Å². The summed E-state index contributed by atoms with van der Waals surface area (Å²) in [5.41, 5.74) is 0.782. The first-order chi connectivity index (χ1) is 13.4. The summed E-state index contributed by atoms with van der Waals surface area (Å²) < 4.78 is 5.22. The number of methoxy groups -OCH3 is 1. The van der Waals surface area contributed by atoms with Gasteiger partial charge in [-0.3, -0.25) is 9.59 Å². The second-order valence-corrected chi connectivity index (χ2v) is 8.53. The highest BCUT2D eigenvalue weighted by Crippen LogP contribution is 2.31. The van der Waals surface area contributed by atoms with E-state index in [1.807, 2.05) is 54.6 Å². The van der Waals surface area contributed by atoms with Crippen LogP contribution in [0, 0.1) is 0 Å². The van der Waals surface area contributed by atoms with E-state index in [1.165, 1.54) is 4.88 Å². The van der Waals surface area contributed by atoms with E-state index >= 15 is 0 Å². The van der Waals surface area contributed by atoms with Gasteiger partial charge in [0.1, 0.15) is 5.75 Å². The summed E-state index contributed by atoms with van der Waals surface area (Å²) >= 11 is 1.66. The van der Waals surface area contributed by atoms with Crippen molar-refractivity contribution >= 4 is 23.2 Å². The Morgan fingerprint density at radius 3 is 2.64 bits per heavy atom. The molecule has 2 aromatic rings. The summed E-state index contributed by atoms with van der Waals surface area (Å²) in [6.07, 6.45) is 3.06. The van der Waals surface area contributed by atoms with Crippen molar-refractivity contribution in [3.8, 4) is 5.75 Å². The number of hydrogen-bond acceptors (Lipinski definition) is 4. The van der Waals surface area contributed by atoms with E-state index in [0.29, 0.717) is 19.3 Å². The molecular formula is C22H28N2O3S. The van der Waals surface area contributed by atoms with Gasteiger partial charge in [-0.25, -0.2) is 0 Å². The summed E-state index contributed by atoms with van der Waals surface area (Å²) in [5, 5.41) is 5.19. The van der Waals surface area contributed by atoms with Gasteiger partial charge in [-0.2, -0.15) is 0 Å². The number of benzene rings is 1. The fourth-order valence-electron chi connectivity index (χ4n) is 3.77. The Kier molecular flexibility index (Phi) is 6.39. The van der Waals surface area contributed by atoms with Crippen LogP contribution in [-0.4, -0.2) is 36.4 Å². The molecule has 3 rings (SSSR count). The number of amides is 2. The first kappa shape index (κ1) is 20.4. The van der Waals surface area contributed by atoms with Crippen LogP contribution in [0.4, 0.5) is 0 Å². The Morgan fingerprint density at radius 2 is 2.07 bits per heavy atom. The predicted octanol–water partition coefficient (Wildman–Crippen LogP) is 3.95. The van der Waals surface area contributed by atoms with Crippen LogP contribution in [0.1, 0.15) is 49.1 Å². The van der Waals surface area contributed by atoms with Crippen molar-refractivity contribution in [1.29, 1.82) is 0 Å². The molecule has 2 amide bonds. The molecule has 2 atom stereocenters. The lowest BCUT2D eigenvalue weighted by Gasteiger charge is -2.31. The van der Waals surface area contributed by atoms with Gasteiger partial charge in [-0.1, -0.05) is 18.2 Å². The molecule has 0 radical (unpaired) electrons. The Labute approximate surface area is 170 Å². The monoisotopic (exact) mass is 400 g/mol. The third kappa shape index (κ3) is 4.73. The lowest BCUT2D eigenvalue weighted by atomic mass is 9.85. The summed E-state index contributed by atoms with van der Waals surface area (Å²) in [4.78, 5) is 27.8. The van der Waals surface area contributed by atoms with E-state index in [0.717, 1.165) is 24.2 Å². The van der Waals surface area contributed by atoms with E-state index in [-0.39, 0.29) is 23.4 Å². The Balaban J connectivity index is 1.65. The van der Waals surface area contributed by atoms with Crippen molar-refractivity contribution in [2.75, 3.05) is 14.2 Å². The van der Waals surface area contributed by atoms with Gasteiger partial charge in [0.05, 0.1) is 13.2 Å². The Hall–Kier alpha value is -2.34. The highest BCUT2D eigenvalue weighted by molar-refractivity contribution is 7.10. The standard InChI is InChI=1S/C22H28N2O3S/c1-16(19-5-4-14-28-19)24(2)21(26)11-13-22(12-10-20(25)23-22)15-17-6-8-18(27-3)9-7-17/h4-9,14,16H,10-13,15H2,1-3H3,(H,23,25)/t16-,22-/m1/s1. The lowest BCUT2D eigenvalue weighted by molar-refractivity contribution is -0.132. The number of nitrogens with zero attached hydrogens (tertiary/aromatic N) is 1. The highest BCUT2D eigenvalue weighted by Gasteiger charge is 2.38. The molecule has 0 aliphatic carbocycles. The highest BCUT2D eigenvalue weighted by atomic mass is 32.1. The van der Waals surface area contributed by atoms with Crippen LogP contribution in [0.5, 0.6) is 5.75 Å². The maximum absolute atomic E-state index is 12.8. The van der Waals surface area contributed by atoms with Gasteiger partial charge in [0.15, 0.2) is 0 Å². The number of ether oxygens (including phenoxy) is 1. The largest absolute Gasteiger partial charge is 0.497 e. The van der Waals surface area contributed by atoms with Crippen LogP contribution >= 0.6 is 11.3 Å². The predicted molar refractivity (Wildman–Crippen MR) is 112 cm³/mol. The molecule has 1 saturated heterocycles. The van der Waals surface area contributed by atoms with Gasteiger partial charge in [0, 0.05) is 30.3 Å². The first-order valence-electron chi connectivity index (χ1n) is 9.65. The summed E-state index contributed by atoms with van der Waals surface area (Å²) in [5.74, 6) is 0.991. The average Bonchev–Trinajstić information content (AvgIpc) is 3.36. The molecular weight excluding hydrogens is 372 g/mol. The fourth-order valence-corrected chi connectivity index (χ4v) is 4.60. The first-order valence-corrected chi connectivity index (χ1v) is 10.5. The zero-order chi connectivity index (χ0) is 20.1. The van der Waals surface area contributed by atoms with E-state index in [4.69, 9.17) is 4.74 Å². The SMILES string of the molecule is COc1ccc(C[C@]2(CCC(=O)N(C)[C@H](C)c3cccs3)CCC(=O)N2)cc1. The van der Waals surface area contributed by atoms with E-state index in [1.54, 1.807) is 18.4 Å². The maximum atomic E-state index is 12.8. The van der Waals surface area contributed by atoms with Crippen LogP contribution in [0.15, 0.2) is 41.8 Å². The van der Waals surface area contributed by atoms with Gasteiger partial charge >= 0.3 is 0 Å². The van der Waals surface area contributed by atoms with Crippen LogP contribution in [0.2, 0.25) is 0 Å². The minimum absolute atomic E-state index is 0.0585. The summed E-state index contributed by atoms with van der Waals surface area (Å²) in [6, 6.07) is 12.0. The third-order valence-corrected chi connectivity index (χ3v) is 6.73. The lowest BCUT2D eigenvalue weighted by Crippen LogP contribution is -2.44. The Morgan fingerprint density at radius 1 is 1.32 bits per heavy atom. The number of hydrogen-bond donors (Lipinski definition) is 1. The van der Waals surface area contributed by atoms with Gasteiger partial charge in [-0.05, 0) is 55.3 Å². The second kappa shape index (κ2) is 8.78. The van der Waals surface area contributed by atoms with Crippen molar-refractivity contribution < 1.29 is 14.3 Å². The number of carbonyl (C=O) groups is 2. The minimum Gasteiger partial charge on any atom is -0.497 e. The van der Waals surface area contributed by atoms with E-state index in [2.05, 4.69) is 11.4 Å². The summed E-state index contributed by atoms with van der Waals surface area (Å²) in [6.45, 7) is 2.05. The van der Waals surface area contributed by atoms with Crippen LogP contribution in [-0.2, 0) is 16.0 Å². The van der Waals surface area contributed by atoms with Gasteiger partial charge < -0.3 is 15.0 Å². The molecule has 0 unspecified atom stereocenters. The molecule has 1 aromatic carbocycles. The Bertz CT molecular complexity index is 804. The molecule has 6 heteroatoms. The molecule has 0 bridgehead atoms. The normalized spacial score (nSPS) is 19.9. The molecule has 5 nitrogen and oxygen atoms in total. The minimum atomic E-state index is -0.353. The molecule has 2 heterocycles. The maximum Gasteiger partial charge on any atom is 0.222 e. The van der Waals surface area contributed by atoms with Crippen molar-refractivity contribution in [3.05, 3.63) is 52.2 Å². The van der Waals surface area contributed by atoms with Crippen molar-refractivity contribution in [2.24, 2.45) is 0 Å². The molecule has 150 valence electrons. The third-order valence-electron chi connectivity index (χ3n) is 5.68. The zero-order valence-electron chi connectivity index (χ0n) is 16.7. The number of rotatable bonds is 8. The fraction of sp³-hybridized carbons (Fsp3) is 0.455. The quantitative estimate of drug-likeness (QED) is 0.730. The number of nitrogens with one attached hydrogen (secondary N) is 1. The molecule has 1 aliphatic rings. The topological polar surface area (TPSA) is 58.6 Å². The van der Waals surface area contributed by atoms with E-state index < -0.39 is 0 Å². The molecule has 28 heavy (non-hydrogen) atoms. The smallest absolute Gasteiger partial charge is 0.222 e. The number of thiophene rings is 1. The molecule has 1 aliphatic heterocycles. The van der Waals surface area contributed by atoms with Crippen molar-refractivity contribution in [1.82, 2.24) is 10.2 Å². The van der Waals surface area contributed by atoms with E-state index in [9.17, 15) is 9.59 Å². The molecule has 1 fully saturated rings. The molecule has 1 N–H and O–H groups in total. The van der Waals surface area contributed by atoms with Gasteiger partial charge in [0.25, 0.3) is 0 Å². The second-order valence-electron chi connectivity index (χ2n) is 7.55. The van der Waals surface area contributed by atoms with Crippen molar-refractivity contribution in [3.63, 3.8) is 0 Å². The van der Waals surface area contributed by atoms with Gasteiger partial charge in [-0.15, -0.1) is 11.3 Å². The van der Waals surface area contributed by atoms with Crippen LogP contribution in [0.25, 0.3) is 0 Å². The number of carbonyl (C=O) groups excluding carboxylic acids is 2. The van der Waals surface area contributed by atoms with Crippen LogP contribution < -0.4 is 10.1 Å². The van der Waals surface area contributed by atoms with Crippen LogP contribution in [0.3, 0.4) is 0 Å². The molecule has 0 saturated carbocycles. The molecule has 0 spiro atoms.